The van der Waals surface area contributed by atoms with E-state index < -0.39 is 0 Å². The number of unbranched alkanes of at least 4 members (excludes halogenated alkanes) is 13. The lowest BCUT2D eigenvalue weighted by molar-refractivity contribution is 0.524. The number of rotatable bonds is 22. The lowest BCUT2D eigenvalue weighted by Gasteiger charge is -2.05. The molecule has 0 bridgehead atoms. The van der Waals surface area contributed by atoms with Crippen LogP contribution in [-0.2, 0) is 6.54 Å². The van der Waals surface area contributed by atoms with E-state index in [9.17, 15) is 0 Å². The smallest absolute Gasteiger partial charge is 0.0222 e. The highest BCUT2D eigenvalue weighted by Crippen LogP contribution is 2.12. The first kappa shape index (κ1) is 26.4. The predicted octanol–water partition coefficient (Wildman–Crippen LogP) is 6.80. The molecule has 165 valence electrons. The third-order valence-electron chi connectivity index (χ3n) is 5.66. The van der Waals surface area contributed by atoms with E-state index in [1.807, 2.05) is 0 Å². The normalized spacial score (nSPS) is 11.2. The van der Waals surface area contributed by atoms with Crippen LogP contribution in [0.25, 0.3) is 0 Å². The minimum atomic E-state index is 1.01. The quantitative estimate of drug-likeness (QED) is 0.161. The van der Waals surface area contributed by atoms with E-state index in [0.29, 0.717) is 0 Å². The van der Waals surface area contributed by atoms with Gasteiger partial charge in [0.05, 0.1) is 0 Å². The van der Waals surface area contributed by atoms with Crippen LogP contribution in [0.4, 0.5) is 0 Å². The first-order valence-electron chi connectivity index (χ1n) is 12.5. The van der Waals surface area contributed by atoms with Crippen LogP contribution in [0.5, 0.6) is 0 Å². The van der Waals surface area contributed by atoms with E-state index in [2.05, 4.69) is 51.2 Å². The van der Waals surface area contributed by atoms with Crippen molar-refractivity contribution < 1.29 is 0 Å². The molecule has 0 spiro atoms. The van der Waals surface area contributed by atoms with Gasteiger partial charge in [0.25, 0.3) is 0 Å². The van der Waals surface area contributed by atoms with Crippen LogP contribution in [0, 0.1) is 0 Å². The summed E-state index contributed by atoms with van der Waals surface area (Å²) in [6, 6.07) is 11.8. The molecule has 0 saturated carbocycles. The summed E-state index contributed by atoms with van der Waals surface area (Å²) in [5.74, 6) is 0. The van der Waals surface area contributed by atoms with Crippen molar-refractivity contribution in [2.45, 2.75) is 109 Å². The van der Waals surface area contributed by atoms with Crippen molar-refractivity contribution in [3.05, 3.63) is 35.9 Å². The number of benzene rings is 1. The molecule has 0 aliphatic carbocycles. The van der Waals surface area contributed by atoms with Gasteiger partial charge in [0.15, 0.2) is 0 Å². The molecule has 0 aliphatic rings. The zero-order valence-electron chi connectivity index (χ0n) is 19.0. The largest absolute Gasteiger partial charge is 0.317 e. The third-order valence-corrected chi connectivity index (χ3v) is 6.01. The van der Waals surface area contributed by atoms with Crippen LogP contribution in [0.15, 0.2) is 30.3 Å². The Bertz CT molecular complexity index is 424. The Morgan fingerprint density at radius 3 is 1.38 bits per heavy atom. The minimum absolute atomic E-state index is 1.01. The molecule has 0 aliphatic heterocycles. The van der Waals surface area contributed by atoms with E-state index >= 15 is 0 Å². The summed E-state index contributed by atoms with van der Waals surface area (Å²) < 4.78 is 0. The van der Waals surface area contributed by atoms with Gasteiger partial charge in [0.2, 0.25) is 0 Å². The molecule has 1 aromatic carbocycles. The van der Waals surface area contributed by atoms with Crippen LogP contribution in [0.2, 0.25) is 6.04 Å². The Kier molecular flexibility index (Phi) is 20.1. The average Bonchev–Trinajstić information content (AvgIpc) is 2.75. The number of hydrogen-bond acceptors (Lipinski definition) is 2. The van der Waals surface area contributed by atoms with Crippen molar-refractivity contribution in [1.82, 2.24) is 10.6 Å². The van der Waals surface area contributed by atoms with Crippen molar-refractivity contribution in [3.63, 3.8) is 0 Å². The molecule has 3 heteroatoms. The van der Waals surface area contributed by atoms with Gasteiger partial charge in [-0.1, -0.05) is 113 Å². The molecule has 0 fully saturated rings. The average molecular weight is 416 g/mol. The van der Waals surface area contributed by atoms with Crippen molar-refractivity contribution in [2.75, 3.05) is 19.6 Å². The molecule has 1 rings (SSSR count). The lowest BCUT2D eigenvalue weighted by atomic mass is 10.0. The number of nitrogens with one attached hydrogen (secondary N) is 2. The maximum atomic E-state index is 3.55. The maximum absolute atomic E-state index is 3.55. The third kappa shape index (κ3) is 19.1. The van der Waals surface area contributed by atoms with Gasteiger partial charge in [-0.05, 0) is 44.5 Å². The second kappa shape index (κ2) is 22.1. The van der Waals surface area contributed by atoms with Gasteiger partial charge < -0.3 is 10.6 Å². The number of hydrogen-bond donors (Lipinski definition) is 2. The lowest BCUT2D eigenvalue weighted by Crippen LogP contribution is -2.16. The van der Waals surface area contributed by atoms with Crippen molar-refractivity contribution in [1.29, 1.82) is 0 Å². The van der Waals surface area contributed by atoms with Crippen LogP contribution in [0.1, 0.15) is 102 Å². The second-order valence-electron chi connectivity index (χ2n) is 8.47. The molecule has 2 nitrogen and oxygen atoms in total. The molecule has 3 radical (unpaired) electrons. The standard InChI is InChI=1S/C26H47N2Si/c29-24-18-23-27-21-16-11-9-7-5-3-1-2-4-6-8-10-12-17-22-28-25-26-19-14-13-15-20-26/h13-15,19-20,27-28H,1-12,16-18,21-25H2. The first-order valence-corrected chi connectivity index (χ1v) is 13.2. The van der Waals surface area contributed by atoms with Gasteiger partial charge in [-0.15, -0.1) is 0 Å². The topological polar surface area (TPSA) is 24.1 Å². The highest BCUT2D eigenvalue weighted by molar-refractivity contribution is 6.08. The monoisotopic (exact) mass is 415 g/mol. The van der Waals surface area contributed by atoms with Gasteiger partial charge in [-0.2, -0.15) is 0 Å². The Hall–Kier alpha value is -0.643. The fourth-order valence-electron chi connectivity index (χ4n) is 3.79. The van der Waals surface area contributed by atoms with Crippen molar-refractivity contribution in [2.24, 2.45) is 0 Å². The SMILES string of the molecule is [Si]CCCNCCCCCCCCCCCCCCCCNCc1ccccc1. The van der Waals surface area contributed by atoms with Crippen LogP contribution >= 0.6 is 0 Å². The summed E-state index contributed by atoms with van der Waals surface area (Å²) >= 11 is 0. The summed E-state index contributed by atoms with van der Waals surface area (Å²) in [5.41, 5.74) is 1.39. The predicted molar refractivity (Wildman–Crippen MR) is 131 cm³/mol. The van der Waals surface area contributed by atoms with E-state index in [-0.39, 0.29) is 0 Å². The second-order valence-corrected chi connectivity index (χ2v) is 8.97. The summed E-state index contributed by atoms with van der Waals surface area (Å²) in [5, 5.41) is 7.06. The zero-order chi connectivity index (χ0) is 20.7. The molecule has 0 amide bonds. The molecule has 0 atom stereocenters. The Labute approximate surface area is 185 Å². The van der Waals surface area contributed by atoms with E-state index in [0.717, 1.165) is 25.7 Å². The summed E-state index contributed by atoms with van der Waals surface area (Å²) in [6.45, 7) is 4.53. The van der Waals surface area contributed by atoms with Crippen molar-refractivity contribution in [3.8, 4) is 0 Å². The highest BCUT2D eigenvalue weighted by Gasteiger charge is 1.95. The van der Waals surface area contributed by atoms with E-state index in [1.165, 1.54) is 108 Å². The fraction of sp³-hybridized carbons (Fsp3) is 0.769. The van der Waals surface area contributed by atoms with Crippen LogP contribution < -0.4 is 10.6 Å². The molecule has 1 aromatic rings. The molecule has 0 saturated heterocycles. The molecule has 0 aromatic heterocycles. The van der Waals surface area contributed by atoms with Crippen LogP contribution in [-0.4, -0.2) is 29.9 Å². The Balaban J connectivity index is 1.66. The zero-order valence-corrected chi connectivity index (χ0v) is 20.0. The minimum Gasteiger partial charge on any atom is -0.317 e. The first-order chi connectivity index (χ1) is 14.4. The van der Waals surface area contributed by atoms with Gasteiger partial charge in [-0.25, -0.2) is 0 Å². The molecule has 2 N–H and O–H groups in total. The van der Waals surface area contributed by atoms with Gasteiger partial charge >= 0.3 is 0 Å². The van der Waals surface area contributed by atoms with Crippen molar-refractivity contribution >= 4 is 10.2 Å². The molecule has 0 unspecified atom stereocenters. The summed E-state index contributed by atoms with van der Waals surface area (Å²) in [4.78, 5) is 0. The highest BCUT2D eigenvalue weighted by atomic mass is 28.1. The van der Waals surface area contributed by atoms with Gasteiger partial charge in [0, 0.05) is 16.8 Å². The van der Waals surface area contributed by atoms with E-state index in [1.54, 1.807) is 0 Å². The summed E-state index contributed by atoms with van der Waals surface area (Å²) in [7, 11) is 3.51. The molecule has 29 heavy (non-hydrogen) atoms. The molecular formula is C26H47N2Si. The van der Waals surface area contributed by atoms with E-state index in [4.69, 9.17) is 0 Å². The van der Waals surface area contributed by atoms with Crippen LogP contribution in [0.3, 0.4) is 0 Å². The maximum Gasteiger partial charge on any atom is 0.0222 e. The Morgan fingerprint density at radius 2 is 0.897 bits per heavy atom. The molecule has 0 heterocycles. The van der Waals surface area contributed by atoms with Gasteiger partial charge in [0.1, 0.15) is 0 Å². The van der Waals surface area contributed by atoms with Gasteiger partial charge in [-0.3, -0.25) is 0 Å². The fourth-order valence-corrected chi connectivity index (χ4v) is 3.97. The summed E-state index contributed by atoms with van der Waals surface area (Å²) in [6.07, 6.45) is 21.1. The molecular weight excluding hydrogens is 368 g/mol. The Morgan fingerprint density at radius 1 is 0.483 bits per heavy atom.